The van der Waals surface area contributed by atoms with E-state index in [4.69, 9.17) is 0 Å². The number of aromatic nitrogens is 1. The van der Waals surface area contributed by atoms with Gasteiger partial charge < -0.3 is 5.32 Å². The van der Waals surface area contributed by atoms with Crippen molar-refractivity contribution in [3.63, 3.8) is 0 Å². The maximum Gasteiger partial charge on any atom is 0.133 e. The van der Waals surface area contributed by atoms with Gasteiger partial charge in [-0.05, 0) is 26.0 Å². The molecule has 0 saturated carbocycles. The third kappa shape index (κ3) is 9.88. The topological polar surface area (TPSA) is 24.9 Å². The lowest BCUT2D eigenvalue weighted by Gasteiger charge is -2.06. The zero-order chi connectivity index (χ0) is 15.0. The lowest BCUT2D eigenvalue weighted by atomic mass is 10.2. The maximum absolute atomic E-state index is 4.35. The second-order valence-electron chi connectivity index (χ2n) is 2.62. The van der Waals surface area contributed by atoms with Gasteiger partial charge >= 0.3 is 0 Å². The molecule has 0 unspecified atom stereocenters. The number of rotatable bonds is 3. The van der Waals surface area contributed by atoms with Gasteiger partial charge in [0, 0.05) is 17.8 Å². The van der Waals surface area contributed by atoms with Crippen molar-refractivity contribution in [3.8, 4) is 0 Å². The summed E-state index contributed by atoms with van der Waals surface area (Å²) in [5.41, 5.74) is 2.08. The maximum atomic E-state index is 4.35. The van der Waals surface area contributed by atoms with E-state index in [-0.39, 0.29) is 0 Å². The molecule has 1 aromatic rings. The molecule has 0 fully saturated rings. The van der Waals surface area contributed by atoms with E-state index in [9.17, 15) is 0 Å². The summed E-state index contributed by atoms with van der Waals surface area (Å²) in [7, 11) is 0. The molecule has 0 amide bonds. The van der Waals surface area contributed by atoms with Crippen LogP contribution >= 0.6 is 0 Å². The van der Waals surface area contributed by atoms with Crippen molar-refractivity contribution >= 4 is 11.9 Å². The van der Waals surface area contributed by atoms with Crippen LogP contribution in [0.25, 0.3) is 6.08 Å². The van der Waals surface area contributed by atoms with Gasteiger partial charge in [0.25, 0.3) is 0 Å². The minimum Gasteiger partial charge on any atom is -0.370 e. The third-order valence-electron chi connectivity index (χ3n) is 1.63. The fourth-order valence-electron chi connectivity index (χ4n) is 1.04. The summed E-state index contributed by atoms with van der Waals surface area (Å²) in [6.07, 6.45) is 1.81. The summed E-state index contributed by atoms with van der Waals surface area (Å²) in [5, 5.41) is 3.19. The van der Waals surface area contributed by atoms with Crippen LogP contribution in [-0.4, -0.2) is 11.5 Å². The predicted molar refractivity (Wildman–Crippen MR) is 87.3 cm³/mol. The van der Waals surface area contributed by atoms with Crippen LogP contribution in [0.15, 0.2) is 18.7 Å². The van der Waals surface area contributed by atoms with E-state index in [1.54, 1.807) is 0 Å². The molecule has 2 heteroatoms. The first-order chi connectivity index (χ1) is 8.77. The Bertz CT molecular complexity index is 280. The number of hydrogen-bond donors (Lipinski definition) is 1. The molecule has 1 N–H and O–H groups in total. The van der Waals surface area contributed by atoms with Crippen molar-refractivity contribution in [1.29, 1.82) is 0 Å². The molecule has 1 rings (SSSR count). The van der Waals surface area contributed by atoms with Crippen molar-refractivity contribution in [2.24, 2.45) is 0 Å². The molecular weight excluding hydrogens is 220 g/mol. The lowest BCUT2D eigenvalue weighted by Crippen LogP contribution is -2.01. The van der Waals surface area contributed by atoms with E-state index in [1.807, 2.05) is 66.7 Å². The molecular formula is C16H32N2. The summed E-state index contributed by atoms with van der Waals surface area (Å²) >= 11 is 0. The number of anilines is 1. The second kappa shape index (κ2) is 18.1. The molecule has 0 saturated heterocycles. The van der Waals surface area contributed by atoms with Crippen LogP contribution in [0.5, 0.6) is 0 Å². The SMILES string of the molecule is C=Cc1ccc(C)nc1NCC.CC.CC.CC. The Balaban J connectivity index is -0.000000328. The number of hydrogen-bond acceptors (Lipinski definition) is 2. The smallest absolute Gasteiger partial charge is 0.133 e. The molecule has 18 heavy (non-hydrogen) atoms. The fourth-order valence-corrected chi connectivity index (χ4v) is 1.04. The van der Waals surface area contributed by atoms with E-state index < -0.39 is 0 Å². The van der Waals surface area contributed by atoms with Crippen molar-refractivity contribution in [2.75, 3.05) is 11.9 Å². The van der Waals surface area contributed by atoms with Crippen molar-refractivity contribution in [2.45, 2.75) is 55.4 Å². The normalized spacial score (nSPS) is 7.33. The van der Waals surface area contributed by atoms with E-state index in [2.05, 4.69) is 23.8 Å². The highest BCUT2D eigenvalue weighted by Crippen LogP contribution is 2.13. The number of nitrogens with zero attached hydrogens (tertiary/aromatic N) is 1. The summed E-state index contributed by atoms with van der Waals surface area (Å²) in [5.74, 6) is 0.924. The Morgan fingerprint density at radius 3 is 2.00 bits per heavy atom. The molecule has 0 aliphatic carbocycles. The minimum atomic E-state index is 0.886. The Morgan fingerprint density at radius 2 is 1.61 bits per heavy atom. The number of aryl methyl sites for hydroxylation is 1. The average molecular weight is 252 g/mol. The molecule has 0 spiro atoms. The van der Waals surface area contributed by atoms with E-state index in [0.717, 1.165) is 23.6 Å². The van der Waals surface area contributed by atoms with Crippen LogP contribution < -0.4 is 5.32 Å². The monoisotopic (exact) mass is 252 g/mol. The number of nitrogens with one attached hydrogen (secondary N) is 1. The van der Waals surface area contributed by atoms with Crippen molar-refractivity contribution in [3.05, 3.63) is 30.0 Å². The van der Waals surface area contributed by atoms with Gasteiger partial charge in [-0.3, -0.25) is 0 Å². The van der Waals surface area contributed by atoms with E-state index >= 15 is 0 Å². The Morgan fingerprint density at radius 1 is 1.11 bits per heavy atom. The molecule has 0 atom stereocenters. The van der Waals surface area contributed by atoms with Crippen LogP contribution in [0.4, 0.5) is 5.82 Å². The molecule has 0 aliphatic heterocycles. The van der Waals surface area contributed by atoms with Gasteiger partial charge in [0.05, 0.1) is 0 Å². The molecule has 0 aromatic carbocycles. The summed E-state index contributed by atoms with van der Waals surface area (Å²) in [6, 6.07) is 4.01. The zero-order valence-corrected chi connectivity index (χ0v) is 13.6. The Labute approximate surface area is 115 Å². The van der Waals surface area contributed by atoms with Crippen molar-refractivity contribution in [1.82, 2.24) is 4.98 Å². The van der Waals surface area contributed by atoms with Crippen LogP contribution in [0.3, 0.4) is 0 Å². The highest BCUT2D eigenvalue weighted by molar-refractivity contribution is 5.61. The van der Waals surface area contributed by atoms with Crippen molar-refractivity contribution < 1.29 is 0 Å². The van der Waals surface area contributed by atoms with Gasteiger partial charge in [0.1, 0.15) is 5.82 Å². The summed E-state index contributed by atoms with van der Waals surface area (Å²) in [6.45, 7) is 20.6. The minimum absolute atomic E-state index is 0.886. The van der Waals surface area contributed by atoms with Gasteiger partial charge in [-0.25, -0.2) is 4.98 Å². The van der Waals surface area contributed by atoms with Gasteiger partial charge in [0.15, 0.2) is 0 Å². The largest absolute Gasteiger partial charge is 0.370 e. The van der Waals surface area contributed by atoms with Gasteiger partial charge in [-0.15, -0.1) is 0 Å². The third-order valence-corrected chi connectivity index (χ3v) is 1.63. The first-order valence-electron chi connectivity index (χ1n) is 7.12. The van der Waals surface area contributed by atoms with E-state index in [0.29, 0.717) is 0 Å². The first-order valence-corrected chi connectivity index (χ1v) is 7.12. The molecule has 1 heterocycles. The number of pyridine rings is 1. The predicted octanol–water partition coefficient (Wildman–Crippen LogP) is 5.54. The molecule has 0 radical (unpaired) electrons. The fraction of sp³-hybridized carbons (Fsp3) is 0.562. The average Bonchev–Trinajstić information content (AvgIpc) is 2.46. The van der Waals surface area contributed by atoms with Gasteiger partial charge in [0.2, 0.25) is 0 Å². The molecule has 106 valence electrons. The van der Waals surface area contributed by atoms with Crippen LogP contribution in [0.1, 0.15) is 59.7 Å². The summed E-state index contributed by atoms with van der Waals surface area (Å²) in [4.78, 5) is 4.35. The molecule has 2 nitrogen and oxygen atoms in total. The van der Waals surface area contributed by atoms with Crippen LogP contribution in [0, 0.1) is 6.92 Å². The standard InChI is InChI=1S/C10H14N2.3C2H6/c1-4-9-7-6-8(3)12-10(9)11-5-2;3*1-2/h4,6-7H,1,5H2,2-3H3,(H,11,12);3*1-2H3. The van der Waals surface area contributed by atoms with Gasteiger partial charge in [-0.2, -0.15) is 0 Å². The van der Waals surface area contributed by atoms with Gasteiger partial charge in [-0.1, -0.05) is 54.2 Å². The summed E-state index contributed by atoms with van der Waals surface area (Å²) < 4.78 is 0. The lowest BCUT2D eigenvalue weighted by molar-refractivity contribution is 1.12. The molecule has 0 bridgehead atoms. The quantitative estimate of drug-likeness (QED) is 0.763. The molecule has 1 aromatic heterocycles. The Hall–Kier alpha value is -1.31. The molecule has 0 aliphatic rings. The highest BCUT2D eigenvalue weighted by Gasteiger charge is 1.98. The Kier molecular flexibility index (Phi) is 22.0. The zero-order valence-electron chi connectivity index (χ0n) is 13.6. The first kappa shape index (κ1) is 21.9. The van der Waals surface area contributed by atoms with Crippen LogP contribution in [0.2, 0.25) is 0 Å². The second-order valence-corrected chi connectivity index (χ2v) is 2.62. The highest BCUT2D eigenvalue weighted by atomic mass is 15.0. The van der Waals surface area contributed by atoms with E-state index in [1.165, 1.54) is 0 Å². The van der Waals surface area contributed by atoms with Crippen LogP contribution in [-0.2, 0) is 0 Å².